The number of methoxy groups -OCH3 is 1. The van der Waals surface area contributed by atoms with E-state index < -0.39 is 47.8 Å². The van der Waals surface area contributed by atoms with E-state index in [-0.39, 0.29) is 17.4 Å². The number of benzene rings is 1. The van der Waals surface area contributed by atoms with E-state index in [1.807, 2.05) is 0 Å². The fraction of sp³-hybridized carbons (Fsp3) is 0.684. The third-order valence-corrected chi connectivity index (χ3v) is 4.85. The van der Waals surface area contributed by atoms with Gasteiger partial charge in [-0.05, 0) is 38.5 Å². The van der Waals surface area contributed by atoms with Gasteiger partial charge in [0.2, 0.25) is 0 Å². The Morgan fingerprint density at radius 1 is 0.676 bits per heavy atom. The molecule has 198 valence electrons. The van der Waals surface area contributed by atoms with Gasteiger partial charge in [-0.25, -0.2) is 0 Å². The maximum Gasteiger partial charge on any atom is 0.460 e. The van der Waals surface area contributed by atoms with Crippen molar-refractivity contribution >= 4 is 0 Å². The molecule has 0 aromatic heterocycles. The van der Waals surface area contributed by atoms with Crippen molar-refractivity contribution in [1.29, 1.82) is 0 Å². The van der Waals surface area contributed by atoms with Gasteiger partial charge in [-0.15, -0.1) is 0 Å². The highest BCUT2D eigenvalue weighted by Gasteiger charge is 2.90. The average Bonchev–Trinajstić information content (AvgIpc) is 2.66. The normalized spacial score (nSPS) is 16.5. The van der Waals surface area contributed by atoms with Crippen LogP contribution in [0.15, 0.2) is 24.3 Å². The van der Waals surface area contributed by atoms with Crippen LogP contribution in [0.1, 0.15) is 32.8 Å². The quantitative estimate of drug-likeness (QED) is 0.295. The molecule has 0 aliphatic rings. The van der Waals surface area contributed by atoms with Crippen molar-refractivity contribution in [3.05, 3.63) is 29.8 Å². The first-order valence-corrected chi connectivity index (χ1v) is 9.19. The minimum atomic E-state index is -7.94. The predicted octanol–water partition coefficient (Wildman–Crippen LogP) is 7.46. The minimum absolute atomic E-state index is 0.162. The first kappa shape index (κ1) is 30.1. The molecule has 0 aliphatic carbocycles. The van der Waals surface area contributed by atoms with Crippen LogP contribution in [0.3, 0.4) is 0 Å². The van der Waals surface area contributed by atoms with Crippen molar-refractivity contribution in [1.82, 2.24) is 0 Å². The monoisotopic (exact) mass is 526 g/mol. The Balaban J connectivity index is 3.44. The molecule has 0 saturated carbocycles. The second-order valence-corrected chi connectivity index (χ2v) is 7.80. The Morgan fingerprint density at radius 2 is 1.09 bits per heavy atom. The SMILES string of the molecule is COC(C)(CC(F)(F)C(F)(F)C(F)(F)C(F)(F)C(F)(F)C(F)(F)F)c1ccc(OC(C)C)cc1. The third kappa shape index (κ3) is 4.89. The molecule has 0 fully saturated rings. The summed E-state index contributed by atoms with van der Waals surface area (Å²) in [6.45, 7) is 3.90. The van der Waals surface area contributed by atoms with Crippen LogP contribution in [0.5, 0.6) is 5.75 Å². The smallest absolute Gasteiger partial charge is 0.460 e. The van der Waals surface area contributed by atoms with Crippen LogP contribution in [0.2, 0.25) is 0 Å². The van der Waals surface area contributed by atoms with Crippen molar-refractivity contribution in [3.8, 4) is 5.75 Å². The molecular weight excluding hydrogens is 507 g/mol. The largest absolute Gasteiger partial charge is 0.491 e. The standard InChI is InChI=1S/C19H19F13O2/c1-10(2)34-12-7-5-11(6-8-12)13(3,33-4)9-14(20,21)15(22,23)16(24,25)17(26,27)18(28,29)19(30,31)32/h5-8,10H,9H2,1-4H3. The average molecular weight is 526 g/mol. The molecule has 1 unspecified atom stereocenters. The molecule has 2 nitrogen and oxygen atoms in total. The van der Waals surface area contributed by atoms with Crippen LogP contribution >= 0.6 is 0 Å². The van der Waals surface area contributed by atoms with Crippen LogP contribution in [0, 0.1) is 0 Å². The summed E-state index contributed by atoms with van der Waals surface area (Å²) < 4.78 is 183. The van der Waals surface area contributed by atoms with E-state index >= 15 is 0 Å². The predicted molar refractivity (Wildman–Crippen MR) is 92.0 cm³/mol. The van der Waals surface area contributed by atoms with Gasteiger partial charge in [0.1, 0.15) is 5.75 Å². The molecule has 0 spiro atoms. The molecule has 0 radical (unpaired) electrons. The highest BCUT2D eigenvalue weighted by atomic mass is 19.4. The molecule has 0 aliphatic heterocycles. The van der Waals surface area contributed by atoms with Crippen molar-refractivity contribution in [2.45, 2.75) is 74.7 Å². The zero-order valence-corrected chi connectivity index (χ0v) is 17.8. The van der Waals surface area contributed by atoms with Crippen LogP contribution < -0.4 is 4.74 Å². The maximum absolute atomic E-state index is 14.3. The summed E-state index contributed by atoms with van der Waals surface area (Å²) in [5.74, 6) is -37.0. The summed E-state index contributed by atoms with van der Waals surface area (Å²) in [6, 6.07) is 4.27. The number of alkyl halides is 13. The third-order valence-electron chi connectivity index (χ3n) is 4.85. The Kier molecular flexibility index (Phi) is 7.91. The van der Waals surface area contributed by atoms with Crippen LogP contribution in [-0.2, 0) is 10.3 Å². The molecule has 1 aromatic rings. The summed E-state index contributed by atoms with van der Waals surface area (Å²) in [4.78, 5) is 0. The zero-order chi connectivity index (χ0) is 27.2. The molecule has 0 saturated heterocycles. The highest BCUT2D eigenvalue weighted by molar-refractivity contribution is 5.31. The summed E-state index contributed by atoms with van der Waals surface area (Å²) in [6.07, 6.45) is -10.3. The lowest BCUT2D eigenvalue weighted by Gasteiger charge is -2.42. The van der Waals surface area contributed by atoms with Gasteiger partial charge in [-0.1, -0.05) is 12.1 Å². The number of hydrogen-bond acceptors (Lipinski definition) is 2. The molecule has 34 heavy (non-hydrogen) atoms. The second kappa shape index (κ2) is 8.94. The molecule has 0 bridgehead atoms. The molecule has 15 heteroatoms. The number of halogens is 13. The van der Waals surface area contributed by atoms with Gasteiger partial charge in [0.05, 0.1) is 18.1 Å². The van der Waals surface area contributed by atoms with E-state index in [4.69, 9.17) is 4.74 Å². The molecule has 0 heterocycles. The molecule has 1 rings (SSSR count). The van der Waals surface area contributed by atoms with E-state index in [2.05, 4.69) is 4.74 Å². The van der Waals surface area contributed by atoms with Crippen molar-refractivity contribution < 1.29 is 66.5 Å². The fourth-order valence-electron chi connectivity index (χ4n) is 2.79. The van der Waals surface area contributed by atoms with Crippen molar-refractivity contribution in [2.75, 3.05) is 7.11 Å². The first-order valence-electron chi connectivity index (χ1n) is 9.19. The van der Waals surface area contributed by atoms with Crippen molar-refractivity contribution in [3.63, 3.8) is 0 Å². The van der Waals surface area contributed by atoms with E-state index in [1.54, 1.807) is 13.8 Å². The lowest BCUT2D eigenvalue weighted by atomic mass is 9.84. The van der Waals surface area contributed by atoms with Crippen LogP contribution in [0.25, 0.3) is 0 Å². The number of rotatable bonds is 10. The van der Waals surface area contributed by atoms with E-state index in [0.717, 1.165) is 24.3 Å². The van der Waals surface area contributed by atoms with Crippen LogP contribution in [0.4, 0.5) is 57.1 Å². The van der Waals surface area contributed by atoms with E-state index in [9.17, 15) is 57.1 Å². The molecule has 0 amide bonds. The highest BCUT2D eigenvalue weighted by Crippen LogP contribution is 2.61. The van der Waals surface area contributed by atoms with E-state index in [1.165, 1.54) is 0 Å². The lowest BCUT2D eigenvalue weighted by Crippen LogP contribution is -2.70. The Labute approximate surface area is 185 Å². The Bertz CT molecular complexity index is 832. The van der Waals surface area contributed by atoms with Gasteiger partial charge in [-0.2, -0.15) is 57.1 Å². The topological polar surface area (TPSA) is 18.5 Å². The van der Waals surface area contributed by atoms with Gasteiger partial charge < -0.3 is 9.47 Å². The number of hydrogen-bond donors (Lipinski definition) is 0. The minimum Gasteiger partial charge on any atom is -0.491 e. The summed E-state index contributed by atoms with van der Waals surface area (Å²) in [5, 5.41) is 0. The second-order valence-electron chi connectivity index (χ2n) is 7.80. The molecule has 0 N–H and O–H groups in total. The van der Waals surface area contributed by atoms with Crippen molar-refractivity contribution in [2.24, 2.45) is 0 Å². The fourth-order valence-corrected chi connectivity index (χ4v) is 2.79. The van der Waals surface area contributed by atoms with Gasteiger partial charge in [-0.3, -0.25) is 0 Å². The summed E-state index contributed by atoms with van der Waals surface area (Å²) in [7, 11) is 0.664. The lowest BCUT2D eigenvalue weighted by molar-refractivity contribution is -0.441. The maximum atomic E-state index is 14.3. The molecular formula is C19H19F13O2. The summed E-state index contributed by atoms with van der Waals surface area (Å²) >= 11 is 0. The molecule has 1 aromatic carbocycles. The van der Waals surface area contributed by atoms with Gasteiger partial charge in [0, 0.05) is 7.11 Å². The Hall–Kier alpha value is -1.93. The van der Waals surface area contributed by atoms with Crippen LogP contribution in [-0.4, -0.2) is 49.0 Å². The first-order chi connectivity index (χ1) is 14.9. The van der Waals surface area contributed by atoms with Gasteiger partial charge in [0.25, 0.3) is 0 Å². The number of ether oxygens (including phenoxy) is 2. The Morgan fingerprint density at radius 3 is 1.44 bits per heavy atom. The van der Waals surface area contributed by atoms with Gasteiger partial charge in [0.15, 0.2) is 0 Å². The zero-order valence-electron chi connectivity index (χ0n) is 17.8. The molecule has 1 atom stereocenters. The summed E-state index contributed by atoms with van der Waals surface area (Å²) in [5.41, 5.74) is -2.99. The van der Waals surface area contributed by atoms with Gasteiger partial charge >= 0.3 is 35.8 Å². The van der Waals surface area contributed by atoms with E-state index in [0.29, 0.717) is 14.0 Å².